The van der Waals surface area contributed by atoms with E-state index >= 15 is 0 Å². The third kappa shape index (κ3) is 3.64. The number of rotatable bonds is 2. The van der Waals surface area contributed by atoms with Gasteiger partial charge in [0.15, 0.2) is 0 Å². The van der Waals surface area contributed by atoms with E-state index in [2.05, 4.69) is 43.6 Å². The molecule has 5 fully saturated rings. The van der Waals surface area contributed by atoms with Gasteiger partial charge in [-0.3, -0.25) is 9.59 Å². The average Bonchev–Trinajstić information content (AvgIpc) is 2.41. The maximum atomic E-state index is 12.7. The van der Waals surface area contributed by atoms with E-state index in [-0.39, 0.29) is 22.7 Å². The Morgan fingerprint density at radius 1 is 0.769 bits per heavy atom. The molecule has 1 saturated heterocycles. The lowest BCUT2D eigenvalue weighted by Crippen LogP contribution is -2.64. The van der Waals surface area contributed by atoms with Crippen molar-refractivity contribution in [1.82, 2.24) is 16.0 Å². The number of carbonyl (C=O) groups is 2. The highest BCUT2D eigenvalue weighted by atomic mass is 16.2. The van der Waals surface area contributed by atoms with Crippen molar-refractivity contribution in [3.8, 4) is 0 Å². The van der Waals surface area contributed by atoms with Crippen molar-refractivity contribution in [3.63, 3.8) is 0 Å². The highest BCUT2D eigenvalue weighted by Crippen LogP contribution is 2.55. The third-order valence-corrected chi connectivity index (χ3v) is 7.15. The van der Waals surface area contributed by atoms with Gasteiger partial charge in [-0.1, -0.05) is 0 Å². The summed E-state index contributed by atoms with van der Waals surface area (Å²) in [4.78, 5) is 25.3. The fraction of sp³-hybridized carbons (Fsp3) is 0.905. The van der Waals surface area contributed by atoms with Crippen molar-refractivity contribution in [2.75, 3.05) is 0 Å². The molecule has 1 aliphatic heterocycles. The molecule has 0 radical (unpaired) electrons. The Bertz CT molecular complexity index is 559. The number of carbonyl (C=O) groups excluding carboxylic acids is 2. The van der Waals surface area contributed by atoms with Gasteiger partial charge in [-0.05, 0) is 96.8 Å². The van der Waals surface area contributed by atoms with Crippen molar-refractivity contribution >= 4 is 11.8 Å². The summed E-state index contributed by atoms with van der Waals surface area (Å²) in [5, 5.41) is 9.83. The minimum absolute atomic E-state index is 0.0378. The van der Waals surface area contributed by atoms with Crippen LogP contribution in [-0.2, 0) is 9.59 Å². The smallest absolute Gasteiger partial charge is 0.309 e. The molecule has 4 aliphatic carbocycles. The van der Waals surface area contributed by atoms with Crippen molar-refractivity contribution in [2.45, 2.75) is 102 Å². The van der Waals surface area contributed by atoms with Crippen molar-refractivity contribution in [3.05, 3.63) is 0 Å². The summed E-state index contributed by atoms with van der Waals surface area (Å²) >= 11 is 0. The van der Waals surface area contributed by atoms with E-state index in [1.807, 2.05) is 0 Å². The predicted molar refractivity (Wildman–Crippen MR) is 102 cm³/mol. The van der Waals surface area contributed by atoms with E-state index in [0.29, 0.717) is 0 Å². The van der Waals surface area contributed by atoms with Gasteiger partial charge in [0.25, 0.3) is 0 Å². The summed E-state index contributed by atoms with van der Waals surface area (Å²) in [5.74, 6) is 1.42. The van der Waals surface area contributed by atoms with Crippen molar-refractivity contribution in [1.29, 1.82) is 0 Å². The zero-order valence-electron chi connectivity index (χ0n) is 16.8. The molecular weight excluding hydrogens is 326 g/mol. The van der Waals surface area contributed by atoms with Crippen molar-refractivity contribution < 1.29 is 9.59 Å². The Labute approximate surface area is 157 Å². The molecule has 146 valence electrons. The second kappa shape index (κ2) is 5.95. The Morgan fingerprint density at radius 3 is 1.69 bits per heavy atom. The first-order chi connectivity index (χ1) is 12.0. The van der Waals surface area contributed by atoms with E-state index in [0.717, 1.165) is 49.9 Å². The Balaban J connectivity index is 1.37. The standard InChI is InChI=1S/C21H35N3O2/c1-19(2)11-16(12-20(3,4)24-19)22-17(25)18(26)23-21-8-13-5-14(9-21)7-15(6-13)10-21/h13-16,24H,5-12H2,1-4H3,(H,22,25)(H,23,26). The lowest BCUT2D eigenvalue weighted by molar-refractivity contribution is -0.143. The summed E-state index contributed by atoms with van der Waals surface area (Å²) in [6.45, 7) is 8.62. The number of piperidine rings is 1. The van der Waals surface area contributed by atoms with Gasteiger partial charge in [-0.25, -0.2) is 0 Å². The van der Waals surface area contributed by atoms with Crippen molar-refractivity contribution in [2.24, 2.45) is 17.8 Å². The topological polar surface area (TPSA) is 70.2 Å². The number of hydrogen-bond donors (Lipinski definition) is 3. The molecule has 0 aromatic heterocycles. The van der Waals surface area contributed by atoms with Gasteiger partial charge >= 0.3 is 11.8 Å². The molecule has 1 heterocycles. The molecule has 0 unspecified atom stereocenters. The lowest BCUT2D eigenvalue weighted by Gasteiger charge is -2.56. The summed E-state index contributed by atoms with van der Waals surface area (Å²) in [5.41, 5.74) is -0.192. The lowest BCUT2D eigenvalue weighted by atomic mass is 9.53. The quantitative estimate of drug-likeness (QED) is 0.662. The van der Waals surface area contributed by atoms with E-state index < -0.39 is 11.8 Å². The maximum absolute atomic E-state index is 12.7. The second-order valence-corrected chi connectivity index (χ2v) is 11.1. The molecule has 4 saturated carbocycles. The van der Waals surface area contributed by atoms with Crippen LogP contribution in [0.5, 0.6) is 0 Å². The third-order valence-electron chi connectivity index (χ3n) is 7.15. The second-order valence-electron chi connectivity index (χ2n) is 11.1. The first-order valence-corrected chi connectivity index (χ1v) is 10.5. The Morgan fingerprint density at radius 2 is 1.23 bits per heavy atom. The summed E-state index contributed by atoms with van der Waals surface area (Å²) in [7, 11) is 0. The van der Waals surface area contributed by atoms with Gasteiger partial charge in [-0.15, -0.1) is 0 Å². The zero-order valence-corrected chi connectivity index (χ0v) is 16.8. The molecule has 0 aromatic rings. The molecule has 3 N–H and O–H groups in total. The molecule has 2 amide bonds. The molecule has 5 nitrogen and oxygen atoms in total. The van der Waals surface area contributed by atoms with E-state index in [9.17, 15) is 9.59 Å². The first kappa shape index (κ1) is 18.3. The average molecular weight is 362 g/mol. The molecule has 5 heteroatoms. The highest BCUT2D eigenvalue weighted by molar-refractivity contribution is 6.35. The molecule has 5 aliphatic rings. The molecular formula is C21H35N3O2. The molecule has 5 rings (SSSR count). The summed E-state index contributed by atoms with van der Waals surface area (Å²) in [6, 6.07) is 0.0378. The molecule has 0 aromatic carbocycles. The predicted octanol–water partition coefficient (Wildman–Crippen LogP) is 2.50. The molecule has 26 heavy (non-hydrogen) atoms. The number of nitrogens with one attached hydrogen (secondary N) is 3. The van der Waals surface area contributed by atoms with E-state index in [1.54, 1.807) is 0 Å². The first-order valence-electron chi connectivity index (χ1n) is 10.5. The largest absolute Gasteiger partial charge is 0.345 e. The van der Waals surface area contributed by atoms with Crippen LogP contribution in [-0.4, -0.2) is 34.5 Å². The normalized spacial score (nSPS) is 40.2. The fourth-order valence-corrected chi connectivity index (χ4v) is 7.24. The van der Waals surface area contributed by atoms with Crippen LogP contribution >= 0.6 is 0 Å². The van der Waals surface area contributed by atoms with Gasteiger partial charge in [0.2, 0.25) is 0 Å². The van der Waals surface area contributed by atoms with Crippen LogP contribution in [0.2, 0.25) is 0 Å². The van der Waals surface area contributed by atoms with Gasteiger partial charge < -0.3 is 16.0 Å². The Hall–Kier alpha value is -1.10. The summed E-state index contributed by atoms with van der Waals surface area (Å²) in [6.07, 6.45) is 8.91. The molecule has 0 atom stereocenters. The molecule has 0 spiro atoms. The van der Waals surface area contributed by atoms with Crippen LogP contribution in [0.15, 0.2) is 0 Å². The minimum atomic E-state index is -0.445. The maximum Gasteiger partial charge on any atom is 0.309 e. The number of hydrogen-bond acceptors (Lipinski definition) is 3. The fourth-order valence-electron chi connectivity index (χ4n) is 7.24. The van der Waals surface area contributed by atoms with Crippen LogP contribution in [0.4, 0.5) is 0 Å². The van der Waals surface area contributed by atoms with Gasteiger partial charge in [0.1, 0.15) is 0 Å². The van der Waals surface area contributed by atoms with Gasteiger partial charge in [0, 0.05) is 22.7 Å². The van der Waals surface area contributed by atoms with Gasteiger partial charge in [0.05, 0.1) is 0 Å². The monoisotopic (exact) mass is 361 g/mol. The van der Waals surface area contributed by atoms with Crippen LogP contribution < -0.4 is 16.0 Å². The molecule has 4 bridgehead atoms. The van der Waals surface area contributed by atoms with Gasteiger partial charge in [-0.2, -0.15) is 0 Å². The van der Waals surface area contributed by atoms with Crippen LogP contribution in [0.3, 0.4) is 0 Å². The highest BCUT2D eigenvalue weighted by Gasteiger charge is 2.52. The summed E-state index contributed by atoms with van der Waals surface area (Å²) < 4.78 is 0. The Kier molecular flexibility index (Phi) is 4.18. The zero-order chi connectivity index (χ0) is 18.7. The minimum Gasteiger partial charge on any atom is -0.345 e. The number of amides is 2. The van der Waals surface area contributed by atoms with E-state index in [1.165, 1.54) is 19.3 Å². The van der Waals surface area contributed by atoms with Crippen LogP contribution in [0.25, 0.3) is 0 Å². The SMILES string of the molecule is CC1(C)CC(NC(=O)C(=O)NC23CC4CC(CC(C4)C2)C3)CC(C)(C)N1. The van der Waals surface area contributed by atoms with Crippen LogP contribution in [0, 0.1) is 17.8 Å². The van der Waals surface area contributed by atoms with E-state index in [4.69, 9.17) is 0 Å². The van der Waals surface area contributed by atoms with Crippen LogP contribution in [0.1, 0.15) is 79.1 Å².